The number of ether oxygens (including phenoxy) is 1. The van der Waals surface area contributed by atoms with Crippen molar-refractivity contribution in [3.8, 4) is 0 Å². The van der Waals surface area contributed by atoms with Crippen molar-refractivity contribution in [3.63, 3.8) is 0 Å². The van der Waals surface area contributed by atoms with Crippen molar-refractivity contribution in [2.75, 3.05) is 58.7 Å². The van der Waals surface area contributed by atoms with Gasteiger partial charge in [-0.25, -0.2) is 4.39 Å². The molecule has 160 valence electrons. The lowest BCUT2D eigenvalue weighted by Gasteiger charge is -2.34. The van der Waals surface area contributed by atoms with Gasteiger partial charge in [-0.15, -0.1) is 11.8 Å². The summed E-state index contributed by atoms with van der Waals surface area (Å²) in [5, 5.41) is 2.85. The summed E-state index contributed by atoms with van der Waals surface area (Å²) < 4.78 is 19.0. The van der Waals surface area contributed by atoms with Crippen LogP contribution in [0.25, 0.3) is 0 Å². The van der Waals surface area contributed by atoms with Crippen molar-refractivity contribution < 1.29 is 23.5 Å². The number of nitrogens with one attached hydrogen (secondary N) is 1. The van der Waals surface area contributed by atoms with Crippen molar-refractivity contribution in [1.82, 2.24) is 15.1 Å². The summed E-state index contributed by atoms with van der Waals surface area (Å²) in [5.41, 5.74) is 0.317. The first-order valence-electron chi connectivity index (χ1n) is 9.59. The van der Waals surface area contributed by atoms with Crippen molar-refractivity contribution >= 4 is 29.4 Å². The predicted octanol–water partition coefficient (Wildman–Crippen LogP) is 1.42. The molecule has 29 heavy (non-hydrogen) atoms. The second-order valence-electron chi connectivity index (χ2n) is 6.84. The molecule has 1 aromatic rings. The Hall–Kier alpha value is -1.97. The topological polar surface area (TPSA) is 79.0 Å². The molecule has 1 fully saturated rings. The Kier molecular flexibility index (Phi) is 9.56. The number of amides is 2. The lowest BCUT2D eigenvalue weighted by atomic mass is 10.1. The number of piperazine rings is 1. The number of hydrogen-bond donors (Lipinski definition) is 1. The van der Waals surface area contributed by atoms with Gasteiger partial charge in [0.2, 0.25) is 11.8 Å². The summed E-state index contributed by atoms with van der Waals surface area (Å²) in [6, 6.07) is 4.30. The number of Topliss-reactive ketones (excluding diaryl/α,β-unsaturated/α-hetero) is 1. The second-order valence-corrected chi connectivity index (χ2v) is 7.86. The summed E-state index contributed by atoms with van der Waals surface area (Å²) in [6.45, 7) is 5.25. The van der Waals surface area contributed by atoms with E-state index in [9.17, 15) is 18.8 Å². The molecule has 0 bridgehead atoms. The molecule has 9 heteroatoms. The van der Waals surface area contributed by atoms with E-state index < -0.39 is 5.82 Å². The van der Waals surface area contributed by atoms with Gasteiger partial charge in [0.05, 0.1) is 12.3 Å². The van der Waals surface area contributed by atoms with Crippen molar-refractivity contribution in [2.45, 2.75) is 18.2 Å². The lowest BCUT2D eigenvalue weighted by molar-refractivity contribution is -0.130. The number of carbonyl (C=O) groups excluding carboxylic acids is 3. The van der Waals surface area contributed by atoms with E-state index in [1.54, 1.807) is 18.1 Å². The molecule has 7 nitrogen and oxygen atoms in total. The van der Waals surface area contributed by atoms with Crippen LogP contribution in [0.1, 0.15) is 23.7 Å². The van der Waals surface area contributed by atoms with E-state index in [0.717, 1.165) is 18.2 Å². The monoisotopic (exact) mass is 425 g/mol. The number of carbonyl (C=O) groups is 3. The molecule has 1 heterocycles. The number of rotatable bonds is 10. The molecule has 0 atom stereocenters. The molecule has 1 aromatic carbocycles. The summed E-state index contributed by atoms with van der Waals surface area (Å²) in [7, 11) is 1.63. The summed E-state index contributed by atoms with van der Waals surface area (Å²) in [6.07, 6.45) is 0.778. The minimum Gasteiger partial charge on any atom is -0.385 e. The standard InChI is InChI=1S/C20H28FN3O4S/c1-15(25)16-4-5-18(17(21)12-16)29-14-20(27)24-9-7-23(8-10-24)13-19(26)22-6-3-11-28-2/h4-5,12H,3,6-11,13-14H2,1-2H3,(H,22,26). The van der Waals surface area contributed by atoms with Crippen LogP contribution in [-0.2, 0) is 14.3 Å². The molecular weight excluding hydrogens is 397 g/mol. The first-order chi connectivity index (χ1) is 13.9. The van der Waals surface area contributed by atoms with Crippen molar-refractivity contribution in [3.05, 3.63) is 29.6 Å². The average Bonchev–Trinajstić information content (AvgIpc) is 2.70. The normalized spacial score (nSPS) is 14.7. The van der Waals surface area contributed by atoms with Gasteiger partial charge in [0.1, 0.15) is 5.82 Å². The number of benzene rings is 1. The Morgan fingerprint density at radius 3 is 2.55 bits per heavy atom. The molecule has 1 aliphatic heterocycles. The van der Waals surface area contributed by atoms with E-state index in [0.29, 0.717) is 56.3 Å². The Bertz CT molecular complexity index is 724. The van der Waals surface area contributed by atoms with Gasteiger partial charge in [-0.05, 0) is 25.5 Å². The third kappa shape index (κ3) is 7.75. The third-order valence-corrected chi connectivity index (χ3v) is 5.66. The van der Waals surface area contributed by atoms with Crippen molar-refractivity contribution in [2.24, 2.45) is 0 Å². The number of nitrogens with zero attached hydrogens (tertiary/aromatic N) is 2. The molecule has 1 aliphatic rings. The van der Waals surface area contributed by atoms with E-state index in [4.69, 9.17) is 4.74 Å². The number of halogens is 1. The minimum absolute atomic E-state index is 0.0269. The van der Waals surface area contributed by atoms with Crippen LogP contribution in [0.15, 0.2) is 23.1 Å². The Balaban J connectivity index is 1.70. The highest BCUT2D eigenvalue weighted by atomic mass is 32.2. The quantitative estimate of drug-likeness (QED) is 0.347. The highest BCUT2D eigenvalue weighted by Gasteiger charge is 2.22. The minimum atomic E-state index is -0.489. The van der Waals surface area contributed by atoms with Crippen LogP contribution in [0, 0.1) is 5.82 Å². The molecule has 1 N–H and O–H groups in total. The van der Waals surface area contributed by atoms with Crippen molar-refractivity contribution in [1.29, 1.82) is 0 Å². The Morgan fingerprint density at radius 1 is 1.21 bits per heavy atom. The van der Waals surface area contributed by atoms with Crippen LogP contribution in [0.5, 0.6) is 0 Å². The summed E-state index contributed by atoms with van der Waals surface area (Å²) in [4.78, 5) is 39.7. The second kappa shape index (κ2) is 11.9. The zero-order valence-corrected chi connectivity index (χ0v) is 17.7. The molecular formula is C20H28FN3O4S. The van der Waals surface area contributed by atoms with Gasteiger partial charge >= 0.3 is 0 Å². The lowest BCUT2D eigenvalue weighted by Crippen LogP contribution is -2.51. The van der Waals surface area contributed by atoms with E-state index in [2.05, 4.69) is 5.32 Å². The van der Waals surface area contributed by atoms with Gasteiger partial charge in [-0.2, -0.15) is 0 Å². The fourth-order valence-electron chi connectivity index (χ4n) is 2.93. The number of ketones is 1. The van der Waals surface area contributed by atoms with Crippen LogP contribution in [0.4, 0.5) is 4.39 Å². The Labute approximate surface area is 174 Å². The van der Waals surface area contributed by atoms with Gasteiger partial charge < -0.3 is 15.0 Å². The molecule has 0 unspecified atom stereocenters. The van der Waals surface area contributed by atoms with Crippen LogP contribution in [0.3, 0.4) is 0 Å². The number of hydrogen-bond acceptors (Lipinski definition) is 6. The molecule has 0 aliphatic carbocycles. The summed E-state index contributed by atoms with van der Waals surface area (Å²) >= 11 is 1.13. The van der Waals surface area contributed by atoms with E-state index >= 15 is 0 Å². The predicted molar refractivity (Wildman–Crippen MR) is 110 cm³/mol. The highest BCUT2D eigenvalue weighted by molar-refractivity contribution is 8.00. The smallest absolute Gasteiger partial charge is 0.234 e. The van der Waals surface area contributed by atoms with Gasteiger partial charge in [0, 0.05) is 56.9 Å². The number of thioether (sulfide) groups is 1. The maximum absolute atomic E-state index is 14.1. The first-order valence-corrected chi connectivity index (χ1v) is 10.6. The summed E-state index contributed by atoms with van der Waals surface area (Å²) in [5.74, 6) is -0.638. The number of methoxy groups -OCH3 is 1. The maximum Gasteiger partial charge on any atom is 0.234 e. The molecule has 0 aromatic heterocycles. The zero-order valence-electron chi connectivity index (χ0n) is 16.9. The SMILES string of the molecule is COCCCNC(=O)CN1CCN(C(=O)CSc2ccc(C(C)=O)cc2F)CC1. The molecule has 2 rings (SSSR count). The molecule has 0 spiro atoms. The molecule has 2 amide bonds. The van der Waals surface area contributed by atoms with E-state index in [-0.39, 0.29) is 23.4 Å². The van der Waals surface area contributed by atoms with E-state index in [1.807, 2.05) is 4.90 Å². The van der Waals surface area contributed by atoms with Gasteiger partial charge in [0.15, 0.2) is 5.78 Å². The third-order valence-electron chi connectivity index (χ3n) is 4.63. The fraction of sp³-hybridized carbons (Fsp3) is 0.550. The van der Waals surface area contributed by atoms with E-state index in [1.165, 1.54) is 19.1 Å². The molecule has 0 radical (unpaired) electrons. The Morgan fingerprint density at radius 2 is 1.93 bits per heavy atom. The van der Waals surface area contributed by atoms with Crippen LogP contribution < -0.4 is 5.32 Å². The molecule has 0 saturated carbocycles. The van der Waals surface area contributed by atoms with Crippen LogP contribution in [0.2, 0.25) is 0 Å². The van der Waals surface area contributed by atoms with Crippen LogP contribution in [-0.4, -0.2) is 86.1 Å². The fourth-order valence-corrected chi connectivity index (χ4v) is 3.75. The van der Waals surface area contributed by atoms with Gasteiger partial charge in [-0.1, -0.05) is 6.07 Å². The first kappa shape index (κ1) is 23.3. The zero-order chi connectivity index (χ0) is 21.2. The van der Waals surface area contributed by atoms with Gasteiger partial charge in [-0.3, -0.25) is 19.3 Å². The maximum atomic E-state index is 14.1. The van der Waals surface area contributed by atoms with Crippen LogP contribution >= 0.6 is 11.8 Å². The van der Waals surface area contributed by atoms with Gasteiger partial charge in [0.25, 0.3) is 0 Å². The molecule has 1 saturated heterocycles. The largest absolute Gasteiger partial charge is 0.385 e. The highest BCUT2D eigenvalue weighted by Crippen LogP contribution is 2.23. The average molecular weight is 426 g/mol.